The van der Waals surface area contributed by atoms with Gasteiger partial charge in [0, 0.05) is 39.3 Å². The van der Waals surface area contributed by atoms with E-state index in [2.05, 4.69) is 20.9 Å². The second-order valence-corrected chi connectivity index (χ2v) is 9.52. The number of piperidine rings is 1. The number of carbonyl (C=O) groups excluding carboxylic acids is 1. The Morgan fingerprint density at radius 2 is 1.58 bits per heavy atom. The van der Waals surface area contributed by atoms with Gasteiger partial charge in [-0.15, -0.1) is 0 Å². The SMILES string of the molecule is O=C(C1CCCN(c2ccc3[nH]c(-c4cccc(N5CCCC5)n4)nc3n2)C1)N1CCCC1. The fourth-order valence-corrected chi connectivity index (χ4v) is 5.44. The molecule has 1 N–H and O–H groups in total. The van der Waals surface area contributed by atoms with Crippen molar-refractivity contribution in [1.82, 2.24) is 24.8 Å². The van der Waals surface area contributed by atoms with Gasteiger partial charge in [0.25, 0.3) is 0 Å². The lowest BCUT2D eigenvalue weighted by Crippen LogP contribution is -2.44. The van der Waals surface area contributed by atoms with E-state index in [1.165, 1.54) is 12.8 Å². The highest BCUT2D eigenvalue weighted by Gasteiger charge is 2.31. The third-order valence-corrected chi connectivity index (χ3v) is 7.25. The van der Waals surface area contributed by atoms with Crippen LogP contribution in [0.15, 0.2) is 30.3 Å². The number of rotatable bonds is 4. The number of likely N-dealkylation sites (tertiary alicyclic amines) is 1. The molecule has 3 fully saturated rings. The molecule has 8 heteroatoms. The van der Waals surface area contributed by atoms with Gasteiger partial charge in [-0.3, -0.25) is 4.79 Å². The summed E-state index contributed by atoms with van der Waals surface area (Å²) in [6, 6.07) is 10.2. The summed E-state index contributed by atoms with van der Waals surface area (Å²) in [5.41, 5.74) is 2.45. The molecule has 0 aliphatic carbocycles. The van der Waals surface area contributed by atoms with E-state index in [1.54, 1.807) is 0 Å². The van der Waals surface area contributed by atoms with E-state index in [1.807, 2.05) is 29.2 Å². The largest absolute Gasteiger partial charge is 0.357 e. The molecule has 3 aliphatic rings. The first-order chi connectivity index (χ1) is 16.2. The van der Waals surface area contributed by atoms with Crippen LogP contribution in [0.2, 0.25) is 0 Å². The highest BCUT2D eigenvalue weighted by atomic mass is 16.2. The zero-order chi connectivity index (χ0) is 22.2. The molecule has 6 heterocycles. The lowest BCUT2D eigenvalue weighted by atomic mass is 9.96. The monoisotopic (exact) mass is 445 g/mol. The Labute approximate surface area is 194 Å². The van der Waals surface area contributed by atoms with Gasteiger partial charge in [0.05, 0.1) is 11.4 Å². The van der Waals surface area contributed by atoms with E-state index in [9.17, 15) is 4.79 Å². The number of aromatic nitrogens is 4. The molecule has 0 bridgehead atoms. The maximum absolute atomic E-state index is 12.9. The molecular weight excluding hydrogens is 414 g/mol. The summed E-state index contributed by atoms with van der Waals surface area (Å²) < 4.78 is 0. The van der Waals surface area contributed by atoms with Crippen LogP contribution in [-0.2, 0) is 4.79 Å². The smallest absolute Gasteiger partial charge is 0.227 e. The number of fused-ring (bicyclic) bond motifs is 1. The van der Waals surface area contributed by atoms with Crippen LogP contribution in [0, 0.1) is 5.92 Å². The lowest BCUT2D eigenvalue weighted by Gasteiger charge is -2.34. The molecule has 1 unspecified atom stereocenters. The van der Waals surface area contributed by atoms with Crippen molar-refractivity contribution >= 4 is 28.7 Å². The third kappa shape index (κ3) is 4.03. The molecule has 0 spiro atoms. The Hall–Kier alpha value is -3.16. The van der Waals surface area contributed by atoms with E-state index in [4.69, 9.17) is 15.0 Å². The Bertz CT molecular complexity index is 1150. The van der Waals surface area contributed by atoms with E-state index in [-0.39, 0.29) is 5.92 Å². The summed E-state index contributed by atoms with van der Waals surface area (Å²) in [6.45, 7) is 5.64. The average Bonchev–Trinajstić information content (AvgIpc) is 3.65. The quantitative estimate of drug-likeness (QED) is 0.662. The van der Waals surface area contributed by atoms with Crippen molar-refractivity contribution in [3.05, 3.63) is 30.3 Å². The lowest BCUT2D eigenvalue weighted by molar-refractivity contribution is -0.134. The number of anilines is 2. The molecule has 3 aromatic rings. The van der Waals surface area contributed by atoms with Crippen molar-refractivity contribution in [2.45, 2.75) is 38.5 Å². The fourth-order valence-electron chi connectivity index (χ4n) is 5.44. The maximum atomic E-state index is 12.9. The van der Waals surface area contributed by atoms with Gasteiger partial charge in [0.2, 0.25) is 5.91 Å². The molecule has 172 valence electrons. The summed E-state index contributed by atoms with van der Waals surface area (Å²) in [7, 11) is 0. The zero-order valence-corrected chi connectivity index (χ0v) is 19.0. The van der Waals surface area contributed by atoms with E-state index < -0.39 is 0 Å². The van der Waals surface area contributed by atoms with Crippen molar-refractivity contribution in [1.29, 1.82) is 0 Å². The normalized spacial score (nSPS) is 21.3. The maximum Gasteiger partial charge on any atom is 0.227 e. The predicted molar refractivity (Wildman–Crippen MR) is 129 cm³/mol. The topological polar surface area (TPSA) is 81.2 Å². The Morgan fingerprint density at radius 3 is 2.42 bits per heavy atom. The van der Waals surface area contributed by atoms with Gasteiger partial charge in [-0.25, -0.2) is 15.0 Å². The minimum atomic E-state index is 0.0709. The van der Waals surface area contributed by atoms with Crippen LogP contribution in [0.1, 0.15) is 38.5 Å². The first kappa shape index (κ1) is 20.4. The van der Waals surface area contributed by atoms with E-state index in [0.29, 0.717) is 11.6 Å². The molecule has 0 aromatic carbocycles. The first-order valence-electron chi connectivity index (χ1n) is 12.4. The summed E-state index contributed by atoms with van der Waals surface area (Å²) in [5, 5.41) is 0. The van der Waals surface area contributed by atoms with Crippen LogP contribution in [0.5, 0.6) is 0 Å². The van der Waals surface area contributed by atoms with E-state index in [0.717, 1.165) is 93.6 Å². The number of H-pyrrole nitrogens is 1. The van der Waals surface area contributed by atoms with Crippen LogP contribution in [-0.4, -0.2) is 70.0 Å². The van der Waals surface area contributed by atoms with Crippen LogP contribution < -0.4 is 9.80 Å². The highest BCUT2D eigenvalue weighted by molar-refractivity contribution is 5.80. The number of nitrogens with one attached hydrogen (secondary N) is 1. The number of pyridine rings is 2. The molecular formula is C25H31N7O. The number of hydrogen-bond donors (Lipinski definition) is 1. The molecule has 0 radical (unpaired) electrons. The zero-order valence-electron chi connectivity index (χ0n) is 19.0. The van der Waals surface area contributed by atoms with Gasteiger partial charge >= 0.3 is 0 Å². The minimum absolute atomic E-state index is 0.0709. The molecule has 3 aromatic heterocycles. The summed E-state index contributed by atoms with van der Waals surface area (Å²) >= 11 is 0. The van der Waals surface area contributed by atoms with Crippen molar-refractivity contribution in [3.8, 4) is 11.5 Å². The standard InChI is InChI=1S/C25H31N7O/c33-25(31-14-3-4-15-31)18-7-6-16-32(17-18)22-11-10-20-24(28-22)29-23(27-20)19-8-5-9-21(26-19)30-12-1-2-13-30/h5,8-11,18H,1-4,6-7,12-17H2,(H,27,28,29). The van der Waals surface area contributed by atoms with E-state index >= 15 is 0 Å². The summed E-state index contributed by atoms with van der Waals surface area (Å²) in [6.07, 6.45) is 6.71. The van der Waals surface area contributed by atoms with Gasteiger partial charge in [-0.2, -0.15) is 0 Å². The number of hydrogen-bond acceptors (Lipinski definition) is 6. The van der Waals surface area contributed by atoms with Gasteiger partial charge in [0.1, 0.15) is 17.3 Å². The molecule has 33 heavy (non-hydrogen) atoms. The molecule has 1 amide bonds. The van der Waals surface area contributed by atoms with Crippen LogP contribution >= 0.6 is 0 Å². The number of carbonyl (C=O) groups is 1. The number of imidazole rings is 1. The second-order valence-electron chi connectivity index (χ2n) is 9.52. The van der Waals surface area contributed by atoms with Gasteiger partial charge in [-0.05, 0) is 62.8 Å². The van der Waals surface area contributed by atoms with Gasteiger partial charge in [0.15, 0.2) is 11.5 Å². The van der Waals surface area contributed by atoms with Crippen LogP contribution in [0.3, 0.4) is 0 Å². The second kappa shape index (κ2) is 8.65. The summed E-state index contributed by atoms with van der Waals surface area (Å²) in [5.74, 6) is 3.06. The van der Waals surface area contributed by atoms with Crippen molar-refractivity contribution < 1.29 is 4.79 Å². The molecule has 0 saturated carbocycles. The van der Waals surface area contributed by atoms with Crippen molar-refractivity contribution in [2.24, 2.45) is 5.92 Å². The fraction of sp³-hybridized carbons (Fsp3) is 0.520. The van der Waals surface area contributed by atoms with Gasteiger partial charge in [-0.1, -0.05) is 6.07 Å². The molecule has 3 aliphatic heterocycles. The van der Waals surface area contributed by atoms with Crippen LogP contribution in [0.25, 0.3) is 22.7 Å². The minimum Gasteiger partial charge on any atom is -0.357 e. The third-order valence-electron chi connectivity index (χ3n) is 7.25. The highest BCUT2D eigenvalue weighted by Crippen LogP contribution is 2.27. The summed E-state index contributed by atoms with van der Waals surface area (Å²) in [4.78, 5) is 37.4. The van der Waals surface area contributed by atoms with Crippen molar-refractivity contribution in [2.75, 3.05) is 49.1 Å². The molecule has 6 rings (SSSR count). The number of nitrogens with zero attached hydrogens (tertiary/aromatic N) is 6. The Morgan fingerprint density at radius 1 is 0.818 bits per heavy atom. The van der Waals surface area contributed by atoms with Gasteiger partial charge < -0.3 is 19.7 Å². The molecule has 8 nitrogen and oxygen atoms in total. The number of aromatic amines is 1. The predicted octanol–water partition coefficient (Wildman–Crippen LogP) is 3.46. The van der Waals surface area contributed by atoms with Crippen LogP contribution in [0.4, 0.5) is 11.6 Å². The molecule has 3 saturated heterocycles. The average molecular weight is 446 g/mol. The Balaban J connectivity index is 1.22. The first-order valence-corrected chi connectivity index (χ1v) is 12.4. The Kier molecular flexibility index (Phi) is 5.36. The van der Waals surface area contributed by atoms with Crippen molar-refractivity contribution in [3.63, 3.8) is 0 Å². The number of amides is 1. The molecule has 1 atom stereocenters.